The first-order valence-corrected chi connectivity index (χ1v) is 10.4. The predicted molar refractivity (Wildman–Crippen MR) is 111 cm³/mol. The number of aliphatic imine (C=N–C) groups is 1. The molecule has 140 valence electrons. The first-order chi connectivity index (χ1) is 12.7. The Bertz CT molecular complexity index is 710. The first kappa shape index (κ1) is 18.9. The molecule has 1 aliphatic heterocycles. The highest BCUT2D eigenvalue weighted by molar-refractivity contribution is 7.11. The van der Waals surface area contributed by atoms with Crippen molar-refractivity contribution in [3.05, 3.63) is 52.0 Å². The van der Waals surface area contributed by atoms with Crippen LogP contribution >= 0.6 is 11.3 Å². The summed E-state index contributed by atoms with van der Waals surface area (Å²) in [7, 11) is 1.89. The number of hydrogen-bond donors (Lipinski definition) is 1. The Morgan fingerprint density at radius 2 is 2.15 bits per heavy atom. The minimum atomic E-state index is 0.661. The molecule has 1 saturated heterocycles. The van der Waals surface area contributed by atoms with E-state index in [1.165, 1.54) is 28.3 Å². The van der Waals surface area contributed by atoms with E-state index in [4.69, 9.17) is 0 Å². The van der Waals surface area contributed by atoms with E-state index in [1.807, 2.05) is 13.2 Å². The van der Waals surface area contributed by atoms with E-state index in [1.54, 1.807) is 11.3 Å². The highest BCUT2D eigenvalue weighted by Crippen LogP contribution is 2.34. The molecule has 26 heavy (non-hydrogen) atoms. The maximum absolute atomic E-state index is 4.53. The van der Waals surface area contributed by atoms with Crippen LogP contribution in [0, 0.1) is 12.8 Å². The molecule has 4 nitrogen and oxygen atoms in total. The van der Waals surface area contributed by atoms with Crippen LogP contribution in [-0.4, -0.2) is 42.5 Å². The van der Waals surface area contributed by atoms with Crippen molar-refractivity contribution in [2.75, 3.05) is 26.7 Å². The molecule has 0 amide bonds. The van der Waals surface area contributed by atoms with Gasteiger partial charge in [-0.1, -0.05) is 43.7 Å². The summed E-state index contributed by atoms with van der Waals surface area (Å²) in [5.74, 6) is 2.36. The molecule has 1 N–H and O–H groups in total. The molecule has 3 rings (SSSR count). The maximum Gasteiger partial charge on any atom is 0.193 e. The molecule has 2 unspecified atom stereocenters. The molecule has 5 heteroatoms. The second-order valence-electron chi connectivity index (χ2n) is 7.01. The monoisotopic (exact) mass is 370 g/mol. The standard InChI is InChI=1S/C21H30N4S/c1-4-17-15-25(13-11-19(17)18-8-6-5-7-9-18)21(22-3)23-12-10-20-24-14-16(2)26-20/h5-9,14,17,19H,4,10-13,15H2,1-3H3,(H,22,23). The fourth-order valence-electron chi connectivity index (χ4n) is 3.91. The normalized spacial score (nSPS) is 21.0. The number of guanidine groups is 1. The van der Waals surface area contributed by atoms with E-state index in [-0.39, 0.29) is 0 Å². The third kappa shape index (κ3) is 4.64. The Kier molecular flexibility index (Phi) is 6.67. The summed E-state index contributed by atoms with van der Waals surface area (Å²) in [4.78, 5) is 12.7. The predicted octanol–water partition coefficient (Wildman–Crippen LogP) is 4.09. The van der Waals surface area contributed by atoms with Gasteiger partial charge in [-0.2, -0.15) is 0 Å². The van der Waals surface area contributed by atoms with Gasteiger partial charge >= 0.3 is 0 Å². The zero-order chi connectivity index (χ0) is 18.4. The zero-order valence-electron chi connectivity index (χ0n) is 16.1. The van der Waals surface area contributed by atoms with Crippen LogP contribution in [0.15, 0.2) is 41.5 Å². The molecule has 2 atom stereocenters. The summed E-state index contributed by atoms with van der Waals surface area (Å²) >= 11 is 1.78. The van der Waals surface area contributed by atoms with Crippen LogP contribution in [-0.2, 0) is 6.42 Å². The molecule has 1 fully saturated rings. The number of rotatable bonds is 5. The van der Waals surface area contributed by atoms with Crippen molar-refractivity contribution in [1.29, 1.82) is 0 Å². The summed E-state index contributed by atoms with van der Waals surface area (Å²) in [6.07, 6.45) is 5.30. The summed E-state index contributed by atoms with van der Waals surface area (Å²) in [5, 5.41) is 4.73. The molecule has 0 saturated carbocycles. The lowest BCUT2D eigenvalue weighted by Gasteiger charge is -2.40. The van der Waals surface area contributed by atoms with Gasteiger partial charge in [-0.05, 0) is 30.7 Å². The highest BCUT2D eigenvalue weighted by atomic mass is 32.1. The lowest BCUT2D eigenvalue weighted by Crippen LogP contribution is -2.48. The van der Waals surface area contributed by atoms with Crippen molar-refractivity contribution in [1.82, 2.24) is 15.2 Å². The van der Waals surface area contributed by atoms with Gasteiger partial charge in [-0.3, -0.25) is 4.99 Å². The van der Waals surface area contributed by atoms with Gasteiger partial charge in [-0.25, -0.2) is 4.98 Å². The minimum absolute atomic E-state index is 0.661. The van der Waals surface area contributed by atoms with Crippen LogP contribution in [0.5, 0.6) is 0 Å². The zero-order valence-corrected chi connectivity index (χ0v) is 16.9. The van der Waals surface area contributed by atoms with Crippen molar-refractivity contribution in [3.63, 3.8) is 0 Å². The molecule has 1 aliphatic rings. The van der Waals surface area contributed by atoms with Gasteiger partial charge in [0, 0.05) is 44.2 Å². The van der Waals surface area contributed by atoms with Crippen LogP contribution in [0.1, 0.15) is 41.1 Å². The topological polar surface area (TPSA) is 40.5 Å². The fourth-order valence-corrected chi connectivity index (χ4v) is 4.69. The third-order valence-corrected chi connectivity index (χ3v) is 6.26. The third-order valence-electron chi connectivity index (χ3n) is 5.29. The molecule has 0 aliphatic carbocycles. The number of thiazole rings is 1. The van der Waals surface area contributed by atoms with Gasteiger partial charge in [-0.15, -0.1) is 11.3 Å². The second kappa shape index (κ2) is 9.17. The SMILES string of the molecule is CCC1CN(C(=NC)NCCc2ncc(C)s2)CCC1c1ccccc1. The number of likely N-dealkylation sites (tertiary alicyclic amines) is 1. The number of hydrogen-bond acceptors (Lipinski definition) is 3. The molecule has 1 aromatic heterocycles. The lowest BCUT2D eigenvalue weighted by atomic mass is 9.79. The molecule has 2 aromatic rings. The van der Waals surface area contributed by atoms with E-state index in [2.05, 4.69) is 64.4 Å². The quantitative estimate of drug-likeness (QED) is 0.637. The molecule has 0 spiro atoms. The van der Waals surface area contributed by atoms with Crippen molar-refractivity contribution in [3.8, 4) is 0 Å². The molecule has 0 bridgehead atoms. The van der Waals surface area contributed by atoms with Gasteiger partial charge in [0.1, 0.15) is 0 Å². The van der Waals surface area contributed by atoms with Crippen LogP contribution in [0.3, 0.4) is 0 Å². The average molecular weight is 371 g/mol. The van der Waals surface area contributed by atoms with Crippen LogP contribution in [0.4, 0.5) is 0 Å². The fraction of sp³-hybridized carbons (Fsp3) is 0.524. The molecular weight excluding hydrogens is 340 g/mol. The number of nitrogens with zero attached hydrogens (tertiary/aromatic N) is 3. The van der Waals surface area contributed by atoms with Crippen molar-refractivity contribution >= 4 is 17.3 Å². The van der Waals surface area contributed by atoms with Crippen molar-refractivity contribution in [2.45, 2.75) is 39.0 Å². The van der Waals surface area contributed by atoms with Crippen molar-refractivity contribution < 1.29 is 0 Å². The second-order valence-corrected chi connectivity index (χ2v) is 8.33. The number of benzene rings is 1. The minimum Gasteiger partial charge on any atom is -0.356 e. The Balaban J connectivity index is 1.56. The number of aromatic nitrogens is 1. The first-order valence-electron chi connectivity index (χ1n) is 9.63. The summed E-state index contributed by atoms with van der Waals surface area (Å²) < 4.78 is 0. The smallest absolute Gasteiger partial charge is 0.193 e. The van der Waals surface area contributed by atoms with E-state index in [0.717, 1.165) is 32.0 Å². The van der Waals surface area contributed by atoms with Gasteiger partial charge in [0.25, 0.3) is 0 Å². The highest BCUT2D eigenvalue weighted by Gasteiger charge is 2.30. The van der Waals surface area contributed by atoms with Gasteiger partial charge in [0.05, 0.1) is 5.01 Å². The lowest BCUT2D eigenvalue weighted by molar-refractivity contribution is 0.216. The van der Waals surface area contributed by atoms with Crippen LogP contribution < -0.4 is 5.32 Å². The molecule has 0 radical (unpaired) electrons. The number of nitrogens with one attached hydrogen (secondary N) is 1. The Morgan fingerprint density at radius 1 is 1.35 bits per heavy atom. The average Bonchev–Trinajstić information content (AvgIpc) is 3.10. The van der Waals surface area contributed by atoms with E-state index >= 15 is 0 Å². The van der Waals surface area contributed by atoms with E-state index < -0.39 is 0 Å². The van der Waals surface area contributed by atoms with Crippen LogP contribution in [0.25, 0.3) is 0 Å². The molecule has 1 aromatic carbocycles. The Labute approximate surface area is 161 Å². The largest absolute Gasteiger partial charge is 0.356 e. The number of piperidine rings is 1. The van der Waals surface area contributed by atoms with E-state index in [9.17, 15) is 0 Å². The molecular formula is C21H30N4S. The van der Waals surface area contributed by atoms with Gasteiger partial charge in [0.2, 0.25) is 0 Å². The Morgan fingerprint density at radius 3 is 2.81 bits per heavy atom. The maximum atomic E-state index is 4.53. The van der Waals surface area contributed by atoms with E-state index in [0.29, 0.717) is 11.8 Å². The summed E-state index contributed by atoms with van der Waals surface area (Å²) in [6.45, 7) is 7.44. The number of aryl methyl sites for hydroxylation is 1. The van der Waals surface area contributed by atoms with Crippen molar-refractivity contribution in [2.24, 2.45) is 10.9 Å². The van der Waals surface area contributed by atoms with Crippen LogP contribution in [0.2, 0.25) is 0 Å². The molecule has 2 heterocycles. The van der Waals surface area contributed by atoms with Gasteiger partial charge in [0.15, 0.2) is 5.96 Å². The summed E-state index contributed by atoms with van der Waals surface area (Å²) in [6, 6.07) is 11.0. The van der Waals surface area contributed by atoms with Gasteiger partial charge < -0.3 is 10.2 Å². The Hall–Kier alpha value is -1.88. The summed E-state index contributed by atoms with van der Waals surface area (Å²) in [5.41, 5.74) is 1.49.